The highest BCUT2D eigenvalue weighted by atomic mass is 19.1. The molecule has 2 saturated heterocycles. The summed E-state index contributed by atoms with van der Waals surface area (Å²) in [5.41, 5.74) is 0.761. The van der Waals surface area contributed by atoms with E-state index in [1.165, 1.54) is 12.1 Å². The average Bonchev–Trinajstić information content (AvgIpc) is 3.36. The first-order valence-corrected chi connectivity index (χ1v) is 11.7. The van der Waals surface area contributed by atoms with Crippen LogP contribution in [0.2, 0.25) is 0 Å². The fraction of sp³-hybridized carbons (Fsp3) is 0.385. The molecule has 6 nitrogen and oxygen atoms in total. The smallest absolute Gasteiger partial charge is 0.289 e. The molecule has 172 valence electrons. The van der Waals surface area contributed by atoms with Gasteiger partial charge < -0.3 is 14.2 Å². The van der Waals surface area contributed by atoms with E-state index in [4.69, 9.17) is 4.42 Å². The second-order valence-corrected chi connectivity index (χ2v) is 8.91. The highest BCUT2D eigenvalue weighted by Crippen LogP contribution is 2.25. The van der Waals surface area contributed by atoms with E-state index < -0.39 is 0 Å². The van der Waals surface area contributed by atoms with Gasteiger partial charge in [0.05, 0.1) is 0 Å². The van der Waals surface area contributed by atoms with Gasteiger partial charge in [0.25, 0.3) is 5.91 Å². The van der Waals surface area contributed by atoms with Gasteiger partial charge in [-0.3, -0.25) is 9.69 Å². The van der Waals surface area contributed by atoms with Crippen LogP contribution in [0.25, 0.3) is 11.3 Å². The van der Waals surface area contributed by atoms with Gasteiger partial charge in [0.15, 0.2) is 5.76 Å². The molecule has 7 heteroatoms. The van der Waals surface area contributed by atoms with Crippen molar-refractivity contribution in [3.05, 3.63) is 72.4 Å². The third kappa shape index (κ3) is 5.09. The Kier molecular flexibility index (Phi) is 6.39. The predicted molar refractivity (Wildman–Crippen MR) is 126 cm³/mol. The summed E-state index contributed by atoms with van der Waals surface area (Å²) in [6, 6.07) is 15.7. The largest absolute Gasteiger partial charge is 0.451 e. The number of carbonyl (C=O) groups excluding carboxylic acids is 1. The topological polar surface area (TPSA) is 52.8 Å². The Morgan fingerprint density at radius 1 is 1.00 bits per heavy atom. The maximum Gasteiger partial charge on any atom is 0.289 e. The van der Waals surface area contributed by atoms with Crippen LogP contribution in [-0.2, 0) is 0 Å². The van der Waals surface area contributed by atoms with Crippen LogP contribution in [0.5, 0.6) is 0 Å². The Morgan fingerprint density at radius 2 is 1.82 bits per heavy atom. The molecular formula is C26H29FN4O2. The van der Waals surface area contributed by atoms with Crippen LogP contribution in [0.15, 0.2) is 65.2 Å². The van der Waals surface area contributed by atoms with Crippen LogP contribution in [0, 0.1) is 11.7 Å². The number of piperazine rings is 1. The second kappa shape index (κ2) is 9.75. The molecule has 0 spiro atoms. The summed E-state index contributed by atoms with van der Waals surface area (Å²) in [6.07, 6.45) is 4.00. The van der Waals surface area contributed by atoms with Crippen LogP contribution in [0.1, 0.15) is 23.4 Å². The number of amides is 1. The van der Waals surface area contributed by atoms with Crippen LogP contribution < -0.4 is 4.90 Å². The quantitative estimate of drug-likeness (QED) is 0.587. The number of nitrogens with zero attached hydrogens (tertiary/aromatic N) is 4. The Morgan fingerprint density at radius 3 is 2.58 bits per heavy atom. The molecule has 0 radical (unpaired) electrons. The molecule has 2 aliphatic rings. The maximum atomic E-state index is 13.2. The van der Waals surface area contributed by atoms with Gasteiger partial charge >= 0.3 is 0 Å². The van der Waals surface area contributed by atoms with Crippen molar-refractivity contribution >= 4 is 11.7 Å². The SMILES string of the molecule is O=C(c1ccc(-c2ccc(F)cc2)o1)N1CCCC(CN2CCN(c3ccccn3)CC2)C1. The molecule has 5 rings (SSSR count). The Bertz CT molecular complexity index is 1060. The van der Waals surface area contributed by atoms with Crippen LogP contribution >= 0.6 is 0 Å². The van der Waals surface area contributed by atoms with Gasteiger partial charge in [-0.2, -0.15) is 0 Å². The number of anilines is 1. The van der Waals surface area contributed by atoms with E-state index in [0.717, 1.165) is 70.0 Å². The molecule has 1 unspecified atom stereocenters. The van der Waals surface area contributed by atoms with Gasteiger partial charge in [-0.05, 0) is 67.3 Å². The molecule has 2 aromatic heterocycles. The minimum Gasteiger partial charge on any atom is -0.451 e. The first-order valence-electron chi connectivity index (χ1n) is 11.7. The number of piperidine rings is 1. The summed E-state index contributed by atoms with van der Waals surface area (Å²) in [7, 11) is 0. The molecule has 2 aliphatic heterocycles. The molecule has 33 heavy (non-hydrogen) atoms. The summed E-state index contributed by atoms with van der Waals surface area (Å²) >= 11 is 0. The van der Waals surface area contributed by atoms with Crippen molar-refractivity contribution in [3.8, 4) is 11.3 Å². The van der Waals surface area contributed by atoms with E-state index in [1.807, 2.05) is 23.2 Å². The van der Waals surface area contributed by atoms with Crippen LogP contribution in [0.3, 0.4) is 0 Å². The number of hydrogen-bond acceptors (Lipinski definition) is 5. The van der Waals surface area contributed by atoms with Crippen LogP contribution in [-0.4, -0.2) is 66.5 Å². The first-order chi connectivity index (χ1) is 16.2. The van der Waals surface area contributed by atoms with Gasteiger partial charge in [-0.25, -0.2) is 9.37 Å². The molecule has 4 heterocycles. The molecule has 0 saturated carbocycles. The Labute approximate surface area is 193 Å². The Balaban J connectivity index is 1.15. The highest BCUT2D eigenvalue weighted by molar-refractivity contribution is 5.92. The van der Waals surface area contributed by atoms with E-state index in [-0.39, 0.29) is 11.7 Å². The van der Waals surface area contributed by atoms with Crippen molar-refractivity contribution < 1.29 is 13.6 Å². The molecule has 1 aromatic carbocycles. The monoisotopic (exact) mass is 448 g/mol. The molecule has 1 amide bonds. The number of furan rings is 1. The fourth-order valence-corrected chi connectivity index (χ4v) is 4.84. The van der Waals surface area contributed by atoms with Gasteiger partial charge in [-0.1, -0.05) is 6.07 Å². The molecule has 2 fully saturated rings. The van der Waals surface area contributed by atoms with Gasteiger partial charge in [-0.15, -0.1) is 0 Å². The summed E-state index contributed by atoms with van der Waals surface area (Å²) < 4.78 is 19.0. The van der Waals surface area contributed by atoms with E-state index in [9.17, 15) is 9.18 Å². The van der Waals surface area contributed by atoms with E-state index in [2.05, 4.69) is 20.9 Å². The second-order valence-electron chi connectivity index (χ2n) is 8.91. The molecule has 1 atom stereocenters. The minimum absolute atomic E-state index is 0.0620. The number of halogens is 1. The predicted octanol–water partition coefficient (Wildman–Crippen LogP) is 4.16. The number of benzene rings is 1. The summed E-state index contributed by atoms with van der Waals surface area (Å²) in [5, 5.41) is 0. The van der Waals surface area contributed by atoms with Crippen molar-refractivity contribution in [3.63, 3.8) is 0 Å². The van der Waals surface area contributed by atoms with Crippen molar-refractivity contribution in [2.75, 3.05) is 50.7 Å². The normalized spacial score (nSPS) is 19.6. The van der Waals surface area contributed by atoms with Crippen molar-refractivity contribution in [1.29, 1.82) is 0 Å². The number of hydrogen-bond donors (Lipinski definition) is 0. The highest BCUT2D eigenvalue weighted by Gasteiger charge is 2.28. The first kappa shape index (κ1) is 21.6. The summed E-state index contributed by atoms with van der Waals surface area (Å²) in [5.74, 6) is 2.09. The lowest BCUT2D eigenvalue weighted by Gasteiger charge is -2.39. The summed E-state index contributed by atoms with van der Waals surface area (Å²) in [4.78, 5) is 24.3. The lowest BCUT2D eigenvalue weighted by molar-refractivity contribution is 0.0607. The summed E-state index contributed by atoms with van der Waals surface area (Å²) in [6.45, 7) is 6.51. The average molecular weight is 449 g/mol. The van der Waals surface area contributed by atoms with Gasteiger partial charge in [0.2, 0.25) is 0 Å². The molecule has 0 aliphatic carbocycles. The number of rotatable bonds is 5. The van der Waals surface area contributed by atoms with E-state index in [1.54, 1.807) is 24.3 Å². The van der Waals surface area contributed by atoms with Crippen molar-refractivity contribution in [1.82, 2.24) is 14.8 Å². The molecule has 0 N–H and O–H groups in total. The molecule has 3 aromatic rings. The molecule has 0 bridgehead atoms. The van der Waals surface area contributed by atoms with Gasteiger partial charge in [0.1, 0.15) is 17.4 Å². The number of aromatic nitrogens is 1. The molecular weight excluding hydrogens is 419 g/mol. The zero-order valence-electron chi connectivity index (χ0n) is 18.7. The van der Waals surface area contributed by atoms with Crippen molar-refractivity contribution in [2.45, 2.75) is 12.8 Å². The van der Waals surface area contributed by atoms with E-state index in [0.29, 0.717) is 17.4 Å². The fourth-order valence-electron chi connectivity index (χ4n) is 4.84. The lowest BCUT2D eigenvalue weighted by atomic mass is 9.97. The Hall–Kier alpha value is -3.19. The zero-order valence-corrected chi connectivity index (χ0v) is 18.7. The third-order valence-corrected chi connectivity index (χ3v) is 6.61. The zero-order chi connectivity index (χ0) is 22.6. The van der Waals surface area contributed by atoms with E-state index >= 15 is 0 Å². The standard InChI is InChI=1S/C26H29FN4O2/c27-22-8-6-21(7-9-22)23-10-11-24(33-23)26(32)31-13-3-4-20(19-31)18-29-14-16-30(17-15-29)25-5-1-2-12-28-25/h1-2,5-12,20H,3-4,13-19H2. The lowest BCUT2D eigenvalue weighted by Crippen LogP contribution is -2.50. The maximum absolute atomic E-state index is 13.2. The number of pyridine rings is 1. The number of carbonyl (C=O) groups is 1. The van der Waals surface area contributed by atoms with Gasteiger partial charge in [0, 0.05) is 57.6 Å². The number of likely N-dealkylation sites (tertiary alicyclic amines) is 1. The van der Waals surface area contributed by atoms with Crippen molar-refractivity contribution in [2.24, 2.45) is 5.92 Å². The third-order valence-electron chi connectivity index (χ3n) is 6.61. The van der Waals surface area contributed by atoms with Crippen LogP contribution in [0.4, 0.5) is 10.2 Å². The minimum atomic E-state index is -0.292.